The molecule has 4 N–H and O–H groups in total. The minimum atomic E-state index is -4.94. The Labute approximate surface area is 639 Å². The molecule has 0 aromatic heterocycles. The highest BCUT2D eigenvalue weighted by Crippen LogP contribution is 2.45. The summed E-state index contributed by atoms with van der Waals surface area (Å²) in [5.41, 5.74) is 0. The zero-order chi connectivity index (χ0) is 76.6. The molecule has 0 saturated carbocycles. The lowest BCUT2D eigenvalue weighted by Crippen LogP contribution is -2.30. The highest BCUT2D eigenvalue weighted by molar-refractivity contribution is 7.47. The number of allylic oxidation sites excluding steroid dienone is 22. The van der Waals surface area contributed by atoms with Crippen molar-refractivity contribution in [3.63, 3.8) is 0 Å². The van der Waals surface area contributed by atoms with E-state index >= 15 is 0 Å². The van der Waals surface area contributed by atoms with Gasteiger partial charge in [0, 0.05) is 19.3 Å². The highest BCUT2D eigenvalue weighted by Gasteiger charge is 2.29. The van der Waals surface area contributed by atoms with Crippen molar-refractivity contribution >= 4 is 33.6 Å². The number of esters is 3. The fourth-order valence-corrected chi connectivity index (χ4v) is 12.6. The van der Waals surface area contributed by atoms with Crippen LogP contribution in [0.2, 0.25) is 0 Å². The van der Waals surface area contributed by atoms with E-state index in [1.165, 1.54) is 128 Å². The second-order valence-electron chi connectivity index (χ2n) is 27.5. The molecule has 0 spiro atoms. The van der Waals surface area contributed by atoms with Crippen LogP contribution in [0.4, 0.5) is 0 Å². The topological polar surface area (TPSA) is 231 Å². The van der Waals surface area contributed by atoms with Gasteiger partial charge in [-0.15, -0.1) is 0 Å². The number of rotatable bonds is 78. The smallest absolute Gasteiger partial charge is 0.463 e. The molecule has 0 aliphatic carbocycles. The van der Waals surface area contributed by atoms with E-state index in [0.717, 1.165) is 154 Å². The van der Waals surface area contributed by atoms with Gasteiger partial charge in [0.05, 0.1) is 26.4 Å². The van der Waals surface area contributed by atoms with Crippen molar-refractivity contribution < 1.29 is 75.8 Å². The summed E-state index contributed by atoms with van der Waals surface area (Å²) >= 11 is 0. The van der Waals surface area contributed by atoms with Crippen LogP contribution in [0.15, 0.2) is 134 Å². The Kier molecular flexibility index (Phi) is 76.0. The molecule has 16 nitrogen and oxygen atoms in total. The molecular formula is C87H150O16P2. The van der Waals surface area contributed by atoms with Crippen molar-refractivity contribution in [2.75, 3.05) is 39.6 Å². The molecular weight excluding hydrogens is 1360 g/mol. The maximum absolute atomic E-state index is 13.0. The molecule has 105 heavy (non-hydrogen) atoms. The van der Waals surface area contributed by atoms with Gasteiger partial charge in [0.25, 0.3) is 0 Å². The molecule has 0 aliphatic heterocycles. The van der Waals surface area contributed by atoms with Gasteiger partial charge in [-0.3, -0.25) is 32.5 Å². The third kappa shape index (κ3) is 80.5. The maximum Gasteiger partial charge on any atom is 0.472 e. The van der Waals surface area contributed by atoms with Gasteiger partial charge < -0.3 is 34.2 Å². The van der Waals surface area contributed by atoms with Crippen LogP contribution in [0.5, 0.6) is 0 Å². The molecule has 18 heteroatoms. The Hall–Kier alpha value is -4.31. The van der Waals surface area contributed by atoms with Crippen molar-refractivity contribution in [3.05, 3.63) is 134 Å². The van der Waals surface area contributed by atoms with E-state index < -0.39 is 91.5 Å². The number of carbonyl (C=O) groups excluding carboxylic acids is 3. The minimum absolute atomic E-state index is 0.0863. The second kappa shape index (κ2) is 79.2. The van der Waals surface area contributed by atoms with Crippen LogP contribution in [-0.4, -0.2) is 95.9 Å². The summed E-state index contributed by atoms with van der Waals surface area (Å²) < 4.78 is 61.2. The molecule has 0 amide bonds. The molecule has 0 bridgehead atoms. The lowest BCUT2D eigenvalue weighted by molar-refractivity contribution is -0.161. The molecule has 0 fully saturated rings. The summed E-state index contributed by atoms with van der Waals surface area (Å²) in [5.74, 6) is -1.59. The first-order chi connectivity index (χ1) is 51.2. The van der Waals surface area contributed by atoms with Gasteiger partial charge in [0.15, 0.2) is 6.10 Å². The SMILES string of the molecule is CC/C=C\C/C=C\C/C=C\C/C=C\C/C=C\CCCCCCCCCCCCCC(=O)OCC(O)COP(=O)(O)OCC(O)COP(=O)(O)OCC(COC(=O)CCCCCCCCCCCCC/C=C\C/C=C\C/C=C\C/C=C\CCCCC)OC(=O)CCCCCCC/C=C\C/C=C\CCCCC. The van der Waals surface area contributed by atoms with Gasteiger partial charge in [-0.25, -0.2) is 9.13 Å². The molecule has 0 heterocycles. The van der Waals surface area contributed by atoms with Crippen molar-refractivity contribution in [2.45, 2.75) is 360 Å². The van der Waals surface area contributed by atoms with Crippen molar-refractivity contribution in [2.24, 2.45) is 0 Å². The number of phosphoric ester groups is 2. The van der Waals surface area contributed by atoms with Crippen LogP contribution in [0.1, 0.15) is 342 Å². The van der Waals surface area contributed by atoms with Crippen LogP contribution < -0.4 is 0 Å². The predicted molar refractivity (Wildman–Crippen MR) is 436 cm³/mol. The normalized spacial score (nSPS) is 14.6. The Morgan fingerprint density at radius 1 is 0.276 bits per heavy atom. The lowest BCUT2D eigenvalue weighted by Gasteiger charge is -2.21. The van der Waals surface area contributed by atoms with Crippen molar-refractivity contribution in [1.82, 2.24) is 0 Å². The monoisotopic (exact) mass is 1510 g/mol. The molecule has 5 unspecified atom stereocenters. The third-order valence-electron chi connectivity index (χ3n) is 17.3. The fraction of sp³-hybridized carbons (Fsp3) is 0.713. The Morgan fingerprint density at radius 3 is 0.800 bits per heavy atom. The molecule has 0 saturated heterocycles. The van der Waals surface area contributed by atoms with E-state index in [1.807, 2.05) is 0 Å². The molecule has 0 rings (SSSR count). The number of phosphoric acid groups is 2. The largest absolute Gasteiger partial charge is 0.472 e. The first-order valence-electron chi connectivity index (χ1n) is 41.5. The van der Waals surface area contributed by atoms with E-state index in [-0.39, 0.29) is 19.3 Å². The van der Waals surface area contributed by atoms with E-state index in [2.05, 4.69) is 154 Å². The summed E-state index contributed by atoms with van der Waals surface area (Å²) in [6.45, 7) is 2.52. The van der Waals surface area contributed by atoms with Crippen LogP contribution in [0, 0.1) is 0 Å². The lowest BCUT2D eigenvalue weighted by atomic mass is 10.0. The standard InChI is InChI=1S/C87H150O16P2/c1-4-7-10-13-16-19-22-25-28-30-32-34-36-38-40-42-44-46-48-50-53-55-58-61-64-67-70-73-85(90)97-76-82(88)77-99-104(93,94)100-78-83(89)79-101-105(95,96)102-81-84(103-87(92)75-72-69-66-63-60-57-52-27-24-21-18-15-12-9-6-3)80-98-86(91)74-71-68-65-62-59-56-54-51-49-47-45-43-41-39-37-35-33-31-29-26-23-20-17-14-11-8-5-2/h7,10,16-21,25-29,32-35,38-41,52,82-84,88-89H,4-6,8-9,11-15,22-24,30-31,36-37,42-51,53-81H2,1-3H3,(H,93,94)(H,95,96)/b10-7-,19-16-,20-17-,21-18-,28-25-,29-26-,34-32-,35-33-,40-38-,41-39-,52-27-. The summed E-state index contributed by atoms with van der Waals surface area (Å²) in [6, 6.07) is 0. The number of ether oxygens (including phenoxy) is 3. The molecule has 0 aromatic carbocycles. The molecule has 5 atom stereocenters. The van der Waals surface area contributed by atoms with Gasteiger partial charge in [-0.2, -0.15) is 0 Å². The maximum atomic E-state index is 13.0. The van der Waals surface area contributed by atoms with Crippen molar-refractivity contribution in [3.8, 4) is 0 Å². The quantitative estimate of drug-likeness (QED) is 0.0146. The first-order valence-corrected chi connectivity index (χ1v) is 44.5. The van der Waals surface area contributed by atoms with E-state index in [4.69, 9.17) is 32.3 Å². The zero-order valence-electron chi connectivity index (χ0n) is 66.1. The van der Waals surface area contributed by atoms with Crippen LogP contribution >= 0.6 is 15.6 Å². The number of hydrogen-bond acceptors (Lipinski definition) is 14. The van der Waals surface area contributed by atoms with Crippen LogP contribution in [0.3, 0.4) is 0 Å². The van der Waals surface area contributed by atoms with Gasteiger partial charge in [0.1, 0.15) is 25.4 Å². The molecule has 0 radical (unpaired) electrons. The average molecular weight is 1510 g/mol. The Morgan fingerprint density at radius 2 is 0.505 bits per heavy atom. The molecule has 0 aliphatic rings. The summed E-state index contributed by atoms with van der Waals surface area (Å²) in [4.78, 5) is 58.7. The summed E-state index contributed by atoms with van der Waals surface area (Å²) in [7, 11) is -9.80. The van der Waals surface area contributed by atoms with E-state index in [1.54, 1.807) is 0 Å². The Balaban J connectivity index is 4.56. The van der Waals surface area contributed by atoms with Crippen LogP contribution in [-0.2, 0) is 55.8 Å². The number of hydrogen-bond donors (Lipinski definition) is 4. The van der Waals surface area contributed by atoms with Gasteiger partial charge in [0.2, 0.25) is 0 Å². The average Bonchev–Trinajstić information content (AvgIpc) is 0.942. The van der Waals surface area contributed by atoms with Gasteiger partial charge in [-0.05, 0) is 141 Å². The zero-order valence-corrected chi connectivity index (χ0v) is 67.9. The van der Waals surface area contributed by atoms with E-state index in [9.17, 15) is 43.5 Å². The number of aliphatic hydroxyl groups excluding tert-OH is 2. The Bertz CT molecular complexity index is 2440. The fourth-order valence-electron chi connectivity index (χ4n) is 11.0. The van der Waals surface area contributed by atoms with Gasteiger partial charge in [-0.1, -0.05) is 315 Å². The minimum Gasteiger partial charge on any atom is -0.463 e. The first kappa shape index (κ1) is 101. The molecule has 0 aromatic rings. The van der Waals surface area contributed by atoms with Gasteiger partial charge >= 0.3 is 33.6 Å². The highest BCUT2D eigenvalue weighted by atomic mass is 31.2. The summed E-state index contributed by atoms with van der Waals surface area (Å²) in [5, 5.41) is 20.7. The third-order valence-corrected chi connectivity index (χ3v) is 19.2. The number of carbonyl (C=O) groups is 3. The van der Waals surface area contributed by atoms with E-state index in [0.29, 0.717) is 19.3 Å². The number of unbranched alkanes of at least 4 members (excludes halogenated alkanes) is 33. The predicted octanol–water partition coefficient (Wildman–Crippen LogP) is 24.7. The van der Waals surface area contributed by atoms with Crippen LogP contribution in [0.25, 0.3) is 0 Å². The second-order valence-corrected chi connectivity index (χ2v) is 30.4. The number of aliphatic hydroxyl groups is 2. The summed E-state index contributed by atoms with van der Waals surface area (Å²) in [6.07, 6.45) is 96.4. The molecule has 604 valence electrons. The van der Waals surface area contributed by atoms with Crippen molar-refractivity contribution in [1.29, 1.82) is 0 Å².